The molecule has 0 bridgehead atoms. The molecule has 0 saturated carbocycles. The number of alkyl halides is 1. The van der Waals surface area contributed by atoms with Crippen LogP contribution < -0.4 is 23.7 Å². The van der Waals surface area contributed by atoms with Gasteiger partial charge >= 0.3 is 6.36 Å². The Labute approximate surface area is 192 Å². The van der Waals surface area contributed by atoms with E-state index in [0.29, 0.717) is 28.6 Å². The van der Waals surface area contributed by atoms with E-state index in [1.807, 2.05) is 6.08 Å². The number of Topliss-reactive ketones (excluding diaryl/α,β-unsaturated/α-hetero) is 1. The fraction of sp³-hybridized carbons (Fsp3) is 0.192. The summed E-state index contributed by atoms with van der Waals surface area (Å²) in [7, 11) is 6.07. The lowest BCUT2D eigenvalue weighted by Gasteiger charge is -2.14. The van der Waals surface area contributed by atoms with Crippen LogP contribution in [0.4, 0.5) is 4.39 Å². The molecule has 0 heterocycles. The van der Waals surface area contributed by atoms with E-state index < -0.39 is 12.1 Å². The van der Waals surface area contributed by atoms with E-state index >= 15 is 0 Å². The van der Waals surface area contributed by atoms with Gasteiger partial charge in [0, 0.05) is 5.56 Å². The van der Waals surface area contributed by atoms with E-state index in [2.05, 4.69) is 0 Å². The van der Waals surface area contributed by atoms with Crippen molar-refractivity contribution in [2.24, 2.45) is 0 Å². The number of ketones is 1. The van der Waals surface area contributed by atoms with Crippen LogP contribution >= 0.6 is 0 Å². The highest BCUT2D eigenvalue weighted by Gasteiger charge is 2.22. The quantitative estimate of drug-likeness (QED) is 0.301. The van der Waals surface area contributed by atoms with Crippen LogP contribution in [0.1, 0.15) is 21.5 Å². The highest BCUT2D eigenvalue weighted by molar-refractivity contribution is 5.98. The minimum atomic E-state index is -2.17. The van der Waals surface area contributed by atoms with Gasteiger partial charge in [0.25, 0.3) is 0 Å². The molecule has 0 aliphatic carbocycles. The fourth-order valence-electron chi connectivity index (χ4n) is 3.18. The molecule has 3 aromatic rings. The van der Waals surface area contributed by atoms with Gasteiger partial charge in [-0.3, -0.25) is 4.79 Å². The lowest BCUT2D eigenvalue weighted by atomic mass is 10.1. The topological polar surface area (TPSA) is 63.2 Å². The first-order chi connectivity index (χ1) is 16.0. The molecule has 0 fully saturated rings. The molecule has 172 valence electrons. The summed E-state index contributed by atoms with van der Waals surface area (Å²) in [5.41, 5.74) is 1.73. The van der Waals surface area contributed by atoms with Gasteiger partial charge in [-0.1, -0.05) is 48.6 Å². The summed E-state index contributed by atoms with van der Waals surface area (Å²) in [6.07, 6.45) is 1.47. The summed E-state index contributed by atoms with van der Waals surface area (Å²) in [6.45, 7) is 0. The van der Waals surface area contributed by atoms with Gasteiger partial charge in [-0.15, -0.1) is 0 Å². The van der Waals surface area contributed by atoms with E-state index in [-0.39, 0.29) is 11.3 Å². The fourth-order valence-corrected chi connectivity index (χ4v) is 3.18. The zero-order chi connectivity index (χ0) is 23.8. The third-order valence-electron chi connectivity index (χ3n) is 4.84. The molecule has 3 rings (SSSR count). The second-order valence-electron chi connectivity index (χ2n) is 6.87. The molecule has 0 radical (unpaired) electrons. The average molecular weight is 452 g/mol. The zero-order valence-electron chi connectivity index (χ0n) is 18.8. The van der Waals surface area contributed by atoms with Crippen LogP contribution in [-0.4, -0.2) is 40.6 Å². The smallest absolute Gasteiger partial charge is 0.301 e. The molecule has 7 heteroatoms. The van der Waals surface area contributed by atoms with Crippen molar-refractivity contribution in [2.75, 3.05) is 28.4 Å². The summed E-state index contributed by atoms with van der Waals surface area (Å²) in [6, 6.07) is 16.8. The minimum absolute atomic E-state index is 0.112. The van der Waals surface area contributed by atoms with E-state index in [1.54, 1.807) is 68.8 Å². The van der Waals surface area contributed by atoms with Gasteiger partial charge in [0.2, 0.25) is 11.5 Å². The molecule has 0 aromatic heterocycles. The van der Waals surface area contributed by atoms with Gasteiger partial charge in [0.1, 0.15) is 0 Å². The number of methoxy groups -OCH3 is 4. The Hall–Kier alpha value is -4.00. The molecule has 6 nitrogen and oxygen atoms in total. The van der Waals surface area contributed by atoms with Crippen molar-refractivity contribution in [3.63, 3.8) is 0 Å². The Bertz CT molecular complexity index is 1100. The average Bonchev–Trinajstić information content (AvgIpc) is 2.86. The summed E-state index contributed by atoms with van der Waals surface area (Å²) in [5.74, 6) is 1.19. The van der Waals surface area contributed by atoms with Crippen LogP contribution in [0.2, 0.25) is 0 Å². The highest BCUT2D eigenvalue weighted by atomic mass is 19.1. The van der Waals surface area contributed by atoms with Gasteiger partial charge in [-0.2, -0.15) is 4.39 Å². The Morgan fingerprint density at radius 2 is 1.30 bits per heavy atom. The Morgan fingerprint density at radius 3 is 1.88 bits per heavy atom. The van der Waals surface area contributed by atoms with Crippen molar-refractivity contribution in [3.8, 4) is 28.7 Å². The summed E-state index contributed by atoms with van der Waals surface area (Å²) >= 11 is 0. The van der Waals surface area contributed by atoms with E-state index in [4.69, 9.17) is 23.7 Å². The lowest BCUT2D eigenvalue weighted by Crippen LogP contribution is -2.22. The molecule has 0 aliphatic rings. The third kappa shape index (κ3) is 5.63. The minimum Gasteiger partial charge on any atom is -0.493 e. The highest BCUT2D eigenvalue weighted by Crippen LogP contribution is 2.39. The molecule has 0 amide bonds. The maximum atomic E-state index is 14.6. The molecule has 0 aliphatic heterocycles. The standard InChI is InChI=1S/C26H25FO6/c1-29-20-13-12-17(10-11-18-15-22(30-2)25(32-4)23(16-18)31-3)14-21(20)33-26(27)24(28)19-8-6-5-7-9-19/h5-16,26H,1-4H3/b11-10-. The molecular formula is C26H25FO6. The first-order valence-corrected chi connectivity index (χ1v) is 10.1. The number of hydrogen-bond donors (Lipinski definition) is 0. The predicted molar refractivity (Wildman–Crippen MR) is 124 cm³/mol. The largest absolute Gasteiger partial charge is 0.493 e. The lowest BCUT2D eigenvalue weighted by molar-refractivity contribution is 0.0440. The second-order valence-corrected chi connectivity index (χ2v) is 6.87. The van der Waals surface area contributed by atoms with Gasteiger partial charge in [-0.25, -0.2) is 0 Å². The van der Waals surface area contributed by atoms with Crippen LogP contribution in [-0.2, 0) is 0 Å². The number of halogens is 1. The molecule has 0 saturated heterocycles. The number of hydrogen-bond acceptors (Lipinski definition) is 6. The molecule has 3 aromatic carbocycles. The number of ether oxygens (including phenoxy) is 5. The SMILES string of the molecule is COc1ccc(/C=C\c2cc(OC)c(OC)c(OC)c2)cc1OC(F)C(=O)c1ccccc1. The van der Waals surface area contributed by atoms with Crippen molar-refractivity contribution in [1.29, 1.82) is 0 Å². The van der Waals surface area contributed by atoms with Crippen molar-refractivity contribution in [2.45, 2.75) is 6.36 Å². The van der Waals surface area contributed by atoms with Crippen molar-refractivity contribution in [1.82, 2.24) is 0 Å². The number of rotatable bonds is 10. The molecule has 1 atom stereocenters. The van der Waals surface area contributed by atoms with Crippen LogP contribution in [0.25, 0.3) is 12.2 Å². The van der Waals surface area contributed by atoms with Crippen LogP contribution in [0, 0.1) is 0 Å². The molecule has 0 spiro atoms. The summed E-state index contributed by atoms with van der Waals surface area (Å²) < 4.78 is 41.3. The Kier molecular flexibility index (Phi) is 7.91. The number of carbonyl (C=O) groups is 1. The molecular weight excluding hydrogens is 427 g/mol. The van der Waals surface area contributed by atoms with E-state index in [1.165, 1.54) is 26.4 Å². The van der Waals surface area contributed by atoms with Crippen molar-refractivity contribution >= 4 is 17.9 Å². The molecule has 1 unspecified atom stereocenters. The van der Waals surface area contributed by atoms with E-state index in [9.17, 15) is 9.18 Å². The Balaban J connectivity index is 1.85. The van der Waals surface area contributed by atoms with Gasteiger partial charge in [-0.05, 0) is 35.4 Å². The van der Waals surface area contributed by atoms with Crippen molar-refractivity contribution in [3.05, 3.63) is 77.4 Å². The molecule has 33 heavy (non-hydrogen) atoms. The van der Waals surface area contributed by atoms with Gasteiger partial charge in [0.05, 0.1) is 28.4 Å². The maximum Gasteiger partial charge on any atom is 0.301 e. The summed E-state index contributed by atoms with van der Waals surface area (Å²) in [4.78, 5) is 12.3. The first-order valence-electron chi connectivity index (χ1n) is 10.1. The van der Waals surface area contributed by atoms with Crippen LogP contribution in [0.5, 0.6) is 28.7 Å². The monoisotopic (exact) mass is 452 g/mol. The number of carbonyl (C=O) groups excluding carboxylic acids is 1. The normalized spacial score (nSPS) is 11.7. The Morgan fingerprint density at radius 1 is 0.727 bits per heavy atom. The zero-order valence-corrected chi connectivity index (χ0v) is 18.8. The first kappa shape index (κ1) is 23.7. The second kappa shape index (κ2) is 11.0. The van der Waals surface area contributed by atoms with Crippen LogP contribution in [0.3, 0.4) is 0 Å². The summed E-state index contributed by atoms with van der Waals surface area (Å²) in [5, 5.41) is 0. The number of benzene rings is 3. The third-order valence-corrected chi connectivity index (χ3v) is 4.84. The maximum absolute atomic E-state index is 14.6. The van der Waals surface area contributed by atoms with E-state index in [0.717, 1.165) is 5.56 Å². The van der Waals surface area contributed by atoms with Crippen molar-refractivity contribution < 1.29 is 32.9 Å². The predicted octanol–water partition coefficient (Wildman–Crippen LogP) is 5.45. The van der Waals surface area contributed by atoms with Gasteiger partial charge < -0.3 is 23.7 Å². The van der Waals surface area contributed by atoms with Gasteiger partial charge in [0.15, 0.2) is 23.0 Å². The molecule has 0 N–H and O–H groups in total. The van der Waals surface area contributed by atoms with Crippen LogP contribution in [0.15, 0.2) is 60.7 Å².